The van der Waals surface area contributed by atoms with E-state index >= 15 is 0 Å². The average molecular weight is 406 g/mol. The molecule has 0 unspecified atom stereocenters. The van der Waals surface area contributed by atoms with Crippen molar-refractivity contribution in [2.24, 2.45) is 0 Å². The lowest BCUT2D eigenvalue weighted by Crippen LogP contribution is -2.14. The van der Waals surface area contributed by atoms with E-state index in [0.29, 0.717) is 16.8 Å². The molecule has 0 bridgehead atoms. The van der Waals surface area contributed by atoms with Gasteiger partial charge in [0.2, 0.25) is 15.8 Å². The van der Waals surface area contributed by atoms with Gasteiger partial charge in [-0.25, -0.2) is 8.42 Å². The van der Waals surface area contributed by atoms with Crippen LogP contribution in [-0.2, 0) is 10.0 Å². The molecule has 0 radical (unpaired) electrons. The third-order valence-corrected chi connectivity index (χ3v) is 5.05. The molecule has 0 fully saturated rings. The van der Waals surface area contributed by atoms with Gasteiger partial charge in [-0.2, -0.15) is 0 Å². The third-order valence-electron chi connectivity index (χ3n) is 3.74. The molecule has 10 heteroatoms. The van der Waals surface area contributed by atoms with E-state index in [-0.39, 0.29) is 17.3 Å². The topological polar surface area (TPSA) is 136 Å². The number of nitrogens with one attached hydrogen (secondary N) is 1. The monoisotopic (exact) mass is 406 g/mol. The summed E-state index contributed by atoms with van der Waals surface area (Å²) in [6.45, 7) is 1.51. The number of hydrogen-bond donors (Lipinski definition) is 2. The van der Waals surface area contributed by atoms with Crippen molar-refractivity contribution in [1.82, 2.24) is 0 Å². The fourth-order valence-corrected chi connectivity index (χ4v) is 2.87. The molecular weight excluding hydrogens is 388 g/mol. The highest BCUT2D eigenvalue weighted by Gasteiger charge is 2.19. The fourth-order valence-electron chi connectivity index (χ4n) is 2.23. The first kappa shape index (κ1) is 20.9. The molecule has 0 atom stereocenters. The standard InChI is InChI=1S/C18H18N2O7S/c1-3-28(25,26)19-14-7-5-13(6-8-14)16(21)9-4-12-10-15(20(23)24)18(22)17(11-12)27-2/h4-11,19,22H,3H2,1-2H3/b9-4+. The van der Waals surface area contributed by atoms with Crippen molar-refractivity contribution >= 4 is 33.3 Å². The molecular formula is C18H18N2O7S. The van der Waals surface area contributed by atoms with Crippen LogP contribution in [0.3, 0.4) is 0 Å². The summed E-state index contributed by atoms with van der Waals surface area (Å²) in [5.74, 6) is -1.15. The summed E-state index contributed by atoms with van der Waals surface area (Å²) in [6.07, 6.45) is 2.56. The van der Waals surface area contributed by atoms with Crippen LogP contribution in [0.2, 0.25) is 0 Å². The van der Waals surface area contributed by atoms with Crippen LogP contribution in [0.1, 0.15) is 22.8 Å². The summed E-state index contributed by atoms with van der Waals surface area (Å²) >= 11 is 0. The Morgan fingerprint density at radius 1 is 1.29 bits per heavy atom. The minimum Gasteiger partial charge on any atom is -0.500 e. The first-order valence-electron chi connectivity index (χ1n) is 8.05. The van der Waals surface area contributed by atoms with Crippen LogP contribution in [0.4, 0.5) is 11.4 Å². The summed E-state index contributed by atoms with van der Waals surface area (Å²) in [6, 6.07) is 8.31. The summed E-state index contributed by atoms with van der Waals surface area (Å²) < 4.78 is 30.3. The third kappa shape index (κ3) is 5.07. The normalized spacial score (nSPS) is 11.4. The number of carbonyl (C=O) groups excluding carboxylic acids is 1. The number of nitro groups is 1. The van der Waals surface area contributed by atoms with Gasteiger partial charge >= 0.3 is 5.69 Å². The molecule has 0 aromatic heterocycles. The number of methoxy groups -OCH3 is 1. The van der Waals surface area contributed by atoms with Crippen molar-refractivity contribution in [2.75, 3.05) is 17.6 Å². The van der Waals surface area contributed by atoms with Crippen molar-refractivity contribution in [3.05, 3.63) is 63.7 Å². The van der Waals surface area contributed by atoms with Crippen molar-refractivity contribution in [2.45, 2.75) is 6.92 Å². The molecule has 0 amide bonds. The van der Waals surface area contributed by atoms with E-state index in [9.17, 15) is 28.4 Å². The first-order chi connectivity index (χ1) is 13.2. The molecule has 0 heterocycles. The second kappa shape index (κ2) is 8.53. The fraction of sp³-hybridized carbons (Fsp3) is 0.167. The Bertz CT molecular complexity index is 1030. The van der Waals surface area contributed by atoms with Gasteiger partial charge in [0.05, 0.1) is 17.8 Å². The molecule has 0 saturated carbocycles. The van der Waals surface area contributed by atoms with E-state index in [0.717, 1.165) is 6.07 Å². The van der Waals surface area contributed by atoms with Crippen LogP contribution in [-0.4, -0.2) is 37.1 Å². The second-order valence-electron chi connectivity index (χ2n) is 5.63. The van der Waals surface area contributed by atoms with E-state index in [1.165, 1.54) is 56.5 Å². The molecule has 2 rings (SSSR count). The SMILES string of the molecule is CCS(=O)(=O)Nc1ccc(C(=O)/C=C/c2cc(OC)c(O)c([N+](=O)[O-])c2)cc1. The number of nitrogens with zero attached hydrogens (tertiary/aromatic N) is 1. The Balaban J connectivity index is 2.22. The number of allylic oxidation sites excluding steroid dienone is 1. The van der Waals surface area contributed by atoms with E-state index in [1.807, 2.05) is 0 Å². The number of ether oxygens (including phenoxy) is 1. The van der Waals surface area contributed by atoms with Gasteiger partial charge in [0.25, 0.3) is 0 Å². The summed E-state index contributed by atoms with van der Waals surface area (Å²) in [4.78, 5) is 22.5. The summed E-state index contributed by atoms with van der Waals surface area (Å²) in [5.41, 5.74) is 0.387. The van der Waals surface area contributed by atoms with Gasteiger partial charge < -0.3 is 9.84 Å². The molecule has 0 aliphatic rings. The Kier molecular flexibility index (Phi) is 6.37. The number of phenolic OH excluding ortho intramolecular Hbond substituents is 1. The predicted molar refractivity (Wildman–Crippen MR) is 104 cm³/mol. The zero-order valence-electron chi connectivity index (χ0n) is 15.1. The first-order valence-corrected chi connectivity index (χ1v) is 9.70. The molecule has 0 aliphatic heterocycles. The lowest BCUT2D eigenvalue weighted by atomic mass is 10.1. The van der Waals surface area contributed by atoms with Crippen molar-refractivity contribution < 1.29 is 28.0 Å². The molecule has 28 heavy (non-hydrogen) atoms. The largest absolute Gasteiger partial charge is 0.500 e. The van der Waals surface area contributed by atoms with Gasteiger partial charge in [0.15, 0.2) is 11.5 Å². The van der Waals surface area contributed by atoms with E-state index in [2.05, 4.69) is 4.72 Å². The maximum absolute atomic E-state index is 12.3. The average Bonchev–Trinajstić information content (AvgIpc) is 2.66. The number of benzene rings is 2. The Morgan fingerprint density at radius 2 is 1.93 bits per heavy atom. The Morgan fingerprint density at radius 3 is 2.46 bits per heavy atom. The van der Waals surface area contributed by atoms with Gasteiger partial charge in [-0.15, -0.1) is 0 Å². The molecule has 9 nitrogen and oxygen atoms in total. The van der Waals surface area contributed by atoms with Crippen LogP contribution >= 0.6 is 0 Å². The molecule has 0 aliphatic carbocycles. The van der Waals surface area contributed by atoms with Crippen molar-refractivity contribution in [1.29, 1.82) is 0 Å². The molecule has 2 aromatic rings. The minimum atomic E-state index is -3.41. The van der Waals surface area contributed by atoms with Gasteiger partial charge in [-0.1, -0.05) is 6.08 Å². The highest BCUT2D eigenvalue weighted by Crippen LogP contribution is 2.37. The Hall–Kier alpha value is -3.40. The highest BCUT2D eigenvalue weighted by atomic mass is 32.2. The van der Waals surface area contributed by atoms with Gasteiger partial charge in [0.1, 0.15) is 0 Å². The predicted octanol–water partition coefficient (Wildman–Crippen LogP) is 2.97. The van der Waals surface area contributed by atoms with E-state index in [1.54, 1.807) is 0 Å². The van der Waals surface area contributed by atoms with Crippen molar-refractivity contribution in [3.8, 4) is 11.5 Å². The number of anilines is 1. The number of hydrogen-bond acceptors (Lipinski definition) is 7. The van der Waals surface area contributed by atoms with Crippen LogP contribution in [0.25, 0.3) is 6.08 Å². The molecule has 0 saturated heterocycles. The number of ketones is 1. The molecule has 2 aromatic carbocycles. The van der Waals surface area contributed by atoms with Gasteiger partial charge in [0, 0.05) is 17.3 Å². The van der Waals surface area contributed by atoms with Gasteiger partial charge in [-0.05, 0) is 48.9 Å². The summed E-state index contributed by atoms with van der Waals surface area (Å²) in [5, 5.41) is 20.8. The van der Waals surface area contributed by atoms with Crippen LogP contribution < -0.4 is 9.46 Å². The Labute approximate surface area is 161 Å². The van der Waals surface area contributed by atoms with Gasteiger partial charge in [-0.3, -0.25) is 19.6 Å². The number of phenols is 1. The highest BCUT2D eigenvalue weighted by molar-refractivity contribution is 7.92. The number of aromatic hydroxyl groups is 1. The lowest BCUT2D eigenvalue weighted by molar-refractivity contribution is -0.386. The van der Waals surface area contributed by atoms with Crippen LogP contribution in [0.15, 0.2) is 42.5 Å². The smallest absolute Gasteiger partial charge is 0.315 e. The molecule has 0 spiro atoms. The minimum absolute atomic E-state index is 0.0708. The maximum atomic E-state index is 12.3. The quantitative estimate of drug-likeness (QED) is 0.298. The number of nitro benzene ring substituents is 1. The summed E-state index contributed by atoms with van der Waals surface area (Å²) in [7, 11) is -2.15. The molecule has 2 N–H and O–H groups in total. The zero-order chi connectivity index (χ0) is 20.9. The van der Waals surface area contributed by atoms with Crippen LogP contribution in [0.5, 0.6) is 11.5 Å². The maximum Gasteiger partial charge on any atom is 0.315 e. The zero-order valence-corrected chi connectivity index (χ0v) is 15.9. The molecule has 148 valence electrons. The number of carbonyl (C=O) groups is 1. The number of sulfonamides is 1. The van der Waals surface area contributed by atoms with Crippen LogP contribution in [0, 0.1) is 10.1 Å². The van der Waals surface area contributed by atoms with Crippen molar-refractivity contribution in [3.63, 3.8) is 0 Å². The number of rotatable bonds is 8. The second-order valence-corrected chi connectivity index (χ2v) is 7.64. The van der Waals surface area contributed by atoms with E-state index < -0.39 is 26.4 Å². The lowest BCUT2D eigenvalue weighted by Gasteiger charge is -2.06. The van der Waals surface area contributed by atoms with E-state index in [4.69, 9.17) is 4.74 Å².